The number of nitrogens with one attached hydrogen (secondary N) is 1. The topological polar surface area (TPSA) is 63.8 Å². The highest BCUT2D eigenvalue weighted by Crippen LogP contribution is 2.30. The summed E-state index contributed by atoms with van der Waals surface area (Å²) < 4.78 is 5.19. The van der Waals surface area contributed by atoms with Crippen molar-refractivity contribution < 1.29 is 4.52 Å². The van der Waals surface area contributed by atoms with Crippen molar-refractivity contribution in [2.24, 2.45) is 0 Å². The molecule has 5 nitrogen and oxygen atoms in total. The van der Waals surface area contributed by atoms with E-state index in [9.17, 15) is 0 Å². The summed E-state index contributed by atoms with van der Waals surface area (Å²) >= 11 is 0. The van der Waals surface area contributed by atoms with Crippen molar-refractivity contribution in [3.63, 3.8) is 0 Å². The van der Waals surface area contributed by atoms with E-state index in [0.717, 1.165) is 34.1 Å². The average molecular weight is 260 g/mol. The second-order valence-corrected chi connectivity index (χ2v) is 5.00. The maximum absolute atomic E-state index is 5.19. The van der Waals surface area contributed by atoms with Gasteiger partial charge in [-0.2, -0.15) is 0 Å². The van der Waals surface area contributed by atoms with Gasteiger partial charge in [0.25, 0.3) is 0 Å². The Morgan fingerprint density at radius 3 is 2.21 bits per heavy atom. The van der Waals surface area contributed by atoms with Crippen LogP contribution in [-0.2, 0) is 0 Å². The monoisotopic (exact) mass is 260 g/mol. The predicted octanol–water partition coefficient (Wildman–Crippen LogP) is 3.22. The van der Waals surface area contributed by atoms with Gasteiger partial charge in [-0.25, -0.2) is 9.97 Å². The molecule has 102 valence electrons. The van der Waals surface area contributed by atoms with Crippen LogP contribution in [0.25, 0.3) is 11.4 Å². The zero-order valence-corrected chi connectivity index (χ0v) is 12.3. The van der Waals surface area contributed by atoms with Crippen molar-refractivity contribution in [2.75, 3.05) is 12.4 Å². The van der Waals surface area contributed by atoms with Crippen LogP contribution in [-0.4, -0.2) is 22.2 Å². The molecule has 0 atom stereocenters. The molecule has 1 N–H and O–H groups in total. The Labute approximate surface area is 113 Å². The molecule has 0 aliphatic rings. The van der Waals surface area contributed by atoms with Gasteiger partial charge in [0.15, 0.2) is 5.82 Å². The van der Waals surface area contributed by atoms with Crippen molar-refractivity contribution in [3.05, 3.63) is 22.7 Å². The molecule has 0 bridgehead atoms. The predicted molar refractivity (Wildman–Crippen MR) is 75.4 cm³/mol. The maximum atomic E-state index is 5.19. The highest BCUT2D eigenvalue weighted by atomic mass is 16.5. The second-order valence-electron chi connectivity index (χ2n) is 5.00. The van der Waals surface area contributed by atoms with Crippen molar-refractivity contribution in [3.8, 4) is 11.4 Å². The lowest BCUT2D eigenvalue weighted by atomic mass is 10.0. The van der Waals surface area contributed by atoms with E-state index in [1.165, 1.54) is 0 Å². The minimum atomic E-state index is 0.376. The molecule has 0 aromatic carbocycles. The summed E-state index contributed by atoms with van der Waals surface area (Å²) in [6.07, 6.45) is 0. The molecule has 2 heterocycles. The third-order valence-electron chi connectivity index (χ3n) is 3.21. The summed E-state index contributed by atoms with van der Waals surface area (Å²) in [5, 5.41) is 7.12. The molecule has 2 rings (SSSR count). The number of hydrogen-bond acceptors (Lipinski definition) is 5. The van der Waals surface area contributed by atoms with Gasteiger partial charge in [0.2, 0.25) is 0 Å². The number of nitrogens with zero attached hydrogens (tertiary/aromatic N) is 3. The van der Waals surface area contributed by atoms with Gasteiger partial charge in [0.05, 0.1) is 11.3 Å². The summed E-state index contributed by atoms with van der Waals surface area (Å²) in [5.41, 5.74) is 3.84. The molecule has 0 amide bonds. The fourth-order valence-electron chi connectivity index (χ4n) is 2.38. The van der Waals surface area contributed by atoms with Gasteiger partial charge in [-0.15, -0.1) is 0 Å². The Morgan fingerprint density at radius 2 is 1.74 bits per heavy atom. The molecule has 0 radical (unpaired) electrons. The summed E-state index contributed by atoms with van der Waals surface area (Å²) in [4.78, 5) is 9.23. The first kappa shape index (κ1) is 13.5. The lowest BCUT2D eigenvalue weighted by Crippen LogP contribution is -2.07. The number of aromatic nitrogens is 3. The molecule has 5 heteroatoms. The van der Waals surface area contributed by atoms with E-state index in [1.807, 2.05) is 27.8 Å². The minimum Gasteiger partial charge on any atom is -0.373 e. The van der Waals surface area contributed by atoms with Crippen LogP contribution in [0, 0.1) is 20.8 Å². The van der Waals surface area contributed by atoms with Gasteiger partial charge in [0, 0.05) is 18.3 Å². The van der Waals surface area contributed by atoms with E-state index in [0.29, 0.717) is 11.7 Å². The quantitative estimate of drug-likeness (QED) is 0.918. The molecule has 19 heavy (non-hydrogen) atoms. The first-order valence-corrected chi connectivity index (χ1v) is 6.45. The SMILES string of the molecule is CNc1nc(-c2c(C)noc2C)nc(C)c1C(C)C. The summed E-state index contributed by atoms with van der Waals surface area (Å²) in [6, 6.07) is 0. The Kier molecular flexibility index (Phi) is 3.55. The zero-order valence-electron chi connectivity index (χ0n) is 12.3. The molecule has 0 saturated carbocycles. The molecule has 0 aliphatic carbocycles. The van der Waals surface area contributed by atoms with E-state index in [-0.39, 0.29) is 0 Å². The number of hydrogen-bond donors (Lipinski definition) is 1. The van der Waals surface area contributed by atoms with Crippen LogP contribution < -0.4 is 5.32 Å². The Hall–Kier alpha value is -1.91. The number of rotatable bonds is 3. The van der Waals surface area contributed by atoms with Gasteiger partial charge in [-0.05, 0) is 26.7 Å². The van der Waals surface area contributed by atoms with Crippen LogP contribution in [0.15, 0.2) is 4.52 Å². The Morgan fingerprint density at radius 1 is 1.05 bits per heavy atom. The molecule has 0 aliphatic heterocycles. The third kappa shape index (κ3) is 2.32. The van der Waals surface area contributed by atoms with Gasteiger partial charge < -0.3 is 9.84 Å². The third-order valence-corrected chi connectivity index (χ3v) is 3.21. The Bertz CT molecular complexity index is 582. The van der Waals surface area contributed by atoms with E-state index < -0.39 is 0 Å². The normalized spacial score (nSPS) is 11.1. The molecule has 0 spiro atoms. The fourth-order valence-corrected chi connectivity index (χ4v) is 2.38. The lowest BCUT2D eigenvalue weighted by Gasteiger charge is -2.15. The van der Waals surface area contributed by atoms with Crippen molar-refractivity contribution >= 4 is 5.82 Å². The van der Waals surface area contributed by atoms with Crippen molar-refractivity contribution in [1.82, 2.24) is 15.1 Å². The van der Waals surface area contributed by atoms with Crippen LogP contribution in [0.1, 0.15) is 42.5 Å². The average Bonchev–Trinajstić information content (AvgIpc) is 2.67. The molecule has 0 fully saturated rings. The van der Waals surface area contributed by atoms with Crippen LogP contribution in [0.2, 0.25) is 0 Å². The molecular formula is C14H20N4O. The summed E-state index contributed by atoms with van der Waals surface area (Å²) in [5.74, 6) is 2.66. The molecule has 2 aromatic rings. The van der Waals surface area contributed by atoms with Gasteiger partial charge in [-0.3, -0.25) is 0 Å². The van der Waals surface area contributed by atoms with E-state index >= 15 is 0 Å². The first-order chi connectivity index (χ1) is 8.95. The van der Waals surface area contributed by atoms with Crippen molar-refractivity contribution in [2.45, 2.75) is 40.5 Å². The fraction of sp³-hybridized carbons (Fsp3) is 0.500. The van der Waals surface area contributed by atoms with Gasteiger partial charge in [-0.1, -0.05) is 19.0 Å². The number of anilines is 1. The standard InChI is InChI=1S/C14H20N4O/c1-7(2)11-8(3)16-14(17-13(11)15-6)12-9(4)18-19-10(12)5/h7H,1-6H3,(H,15,16,17). The lowest BCUT2D eigenvalue weighted by molar-refractivity contribution is 0.393. The van der Waals surface area contributed by atoms with E-state index in [1.54, 1.807) is 0 Å². The van der Waals surface area contributed by atoms with Crippen molar-refractivity contribution in [1.29, 1.82) is 0 Å². The zero-order chi connectivity index (χ0) is 14.2. The van der Waals surface area contributed by atoms with E-state index in [2.05, 4.69) is 34.3 Å². The Balaban J connectivity index is 2.65. The largest absolute Gasteiger partial charge is 0.373 e. The molecule has 2 aromatic heterocycles. The van der Waals surface area contributed by atoms with Crippen LogP contribution in [0.5, 0.6) is 0 Å². The minimum absolute atomic E-state index is 0.376. The maximum Gasteiger partial charge on any atom is 0.167 e. The molecule has 0 unspecified atom stereocenters. The number of aryl methyl sites for hydroxylation is 3. The van der Waals surface area contributed by atoms with Gasteiger partial charge >= 0.3 is 0 Å². The molecule has 0 saturated heterocycles. The summed E-state index contributed by atoms with van der Waals surface area (Å²) in [6.45, 7) is 10.1. The summed E-state index contributed by atoms with van der Waals surface area (Å²) in [7, 11) is 1.88. The van der Waals surface area contributed by atoms with E-state index in [4.69, 9.17) is 4.52 Å². The van der Waals surface area contributed by atoms with Crippen LogP contribution in [0.3, 0.4) is 0 Å². The second kappa shape index (κ2) is 4.99. The van der Waals surface area contributed by atoms with Crippen LogP contribution in [0.4, 0.5) is 5.82 Å². The highest BCUT2D eigenvalue weighted by molar-refractivity contribution is 5.63. The highest BCUT2D eigenvalue weighted by Gasteiger charge is 2.19. The first-order valence-electron chi connectivity index (χ1n) is 6.45. The van der Waals surface area contributed by atoms with Gasteiger partial charge in [0.1, 0.15) is 11.6 Å². The molecular weight excluding hydrogens is 240 g/mol. The smallest absolute Gasteiger partial charge is 0.167 e. The van der Waals surface area contributed by atoms with Crippen LogP contribution >= 0.6 is 0 Å².